The zero-order valence-electron chi connectivity index (χ0n) is 11.3. The van der Waals surface area contributed by atoms with Crippen molar-refractivity contribution in [2.75, 3.05) is 26.1 Å². The normalized spacial score (nSPS) is 12.0. The number of nitrogens with zero attached hydrogens (tertiary/aromatic N) is 1. The lowest BCUT2D eigenvalue weighted by molar-refractivity contribution is 0.0599. The minimum absolute atomic E-state index is 0.214. The van der Waals surface area contributed by atoms with Crippen LogP contribution >= 0.6 is 0 Å². The van der Waals surface area contributed by atoms with E-state index in [9.17, 15) is 4.79 Å². The van der Waals surface area contributed by atoms with Gasteiger partial charge in [-0.3, -0.25) is 0 Å². The Morgan fingerprint density at radius 2 is 2.17 bits per heavy atom. The van der Waals surface area contributed by atoms with Gasteiger partial charge in [0.1, 0.15) is 5.82 Å². The monoisotopic (exact) mass is 252 g/mol. The van der Waals surface area contributed by atoms with E-state index in [1.165, 1.54) is 7.11 Å². The number of hydrogen-bond donors (Lipinski definition) is 1. The fourth-order valence-corrected chi connectivity index (χ4v) is 1.64. The third-order valence-electron chi connectivity index (χ3n) is 2.70. The standard InChI is InChI=1S/C13H20N2O3/c1-5-10(8-17-3)15-12-7-6-11(9(2)14-12)13(16)18-4/h6-7,10H,5,8H2,1-4H3,(H,14,15). The molecule has 18 heavy (non-hydrogen) atoms. The van der Waals surface area contributed by atoms with Gasteiger partial charge in [-0.05, 0) is 25.5 Å². The lowest BCUT2D eigenvalue weighted by Crippen LogP contribution is -2.24. The Bertz CT molecular complexity index is 407. The minimum Gasteiger partial charge on any atom is -0.465 e. The molecule has 0 aliphatic rings. The summed E-state index contributed by atoms with van der Waals surface area (Å²) in [6.45, 7) is 4.48. The second kappa shape index (κ2) is 6.96. The first-order valence-electron chi connectivity index (χ1n) is 5.93. The number of pyridine rings is 1. The highest BCUT2D eigenvalue weighted by molar-refractivity contribution is 5.90. The van der Waals surface area contributed by atoms with Gasteiger partial charge in [0.2, 0.25) is 0 Å². The Balaban J connectivity index is 2.80. The molecule has 5 heteroatoms. The van der Waals surface area contributed by atoms with Gasteiger partial charge in [-0.15, -0.1) is 0 Å². The molecule has 5 nitrogen and oxygen atoms in total. The molecule has 0 aliphatic carbocycles. The van der Waals surface area contributed by atoms with E-state index in [1.54, 1.807) is 26.2 Å². The van der Waals surface area contributed by atoms with Crippen molar-refractivity contribution < 1.29 is 14.3 Å². The maximum Gasteiger partial charge on any atom is 0.339 e. The van der Waals surface area contributed by atoms with Crippen LogP contribution in [-0.2, 0) is 9.47 Å². The first kappa shape index (κ1) is 14.4. The fraction of sp³-hybridized carbons (Fsp3) is 0.538. The van der Waals surface area contributed by atoms with Crippen LogP contribution in [0.3, 0.4) is 0 Å². The molecule has 1 aromatic rings. The number of ether oxygens (including phenoxy) is 2. The summed E-state index contributed by atoms with van der Waals surface area (Å²) in [4.78, 5) is 15.8. The van der Waals surface area contributed by atoms with Crippen LogP contribution in [0.25, 0.3) is 0 Å². The molecule has 1 atom stereocenters. The highest BCUT2D eigenvalue weighted by atomic mass is 16.5. The van der Waals surface area contributed by atoms with Gasteiger partial charge >= 0.3 is 5.97 Å². The van der Waals surface area contributed by atoms with Crippen molar-refractivity contribution in [1.82, 2.24) is 4.98 Å². The molecule has 0 spiro atoms. The Labute approximate surface area is 108 Å². The van der Waals surface area contributed by atoms with Crippen molar-refractivity contribution in [1.29, 1.82) is 0 Å². The van der Waals surface area contributed by atoms with Crippen LogP contribution < -0.4 is 5.32 Å². The molecule has 1 heterocycles. The van der Waals surface area contributed by atoms with Gasteiger partial charge in [-0.25, -0.2) is 9.78 Å². The van der Waals surface area contributed by atoms with Gasteiger partial charge in [0.15, 0.2) is 0 Å². The summed E-state index contributed by atoms with van der Waals surface area (Å²) in [7, 11) is 3.03. The number of aryl methyl sites for hydroxylation is 1. The molecule has 100 valence electrons. The first-order chi connectivity index (χ1) is 8.62. The molecule has 0 radical (unpaired) electrons. The average molecular weight is 252 g/mol. The van der Waals surface area contributed by atoms with Crippen LogP contribution in [-0.4, -0.2) is 37.8 Å². The molecule has 1 aromatic heterocycles. The average Bonchev–Trinajstić information content (AvgIpc) is 2.37. The van der Waals surface area contributed by atoms with Crippen molar-refractivity contribution in [2.24, 2.45) is 0 Å². The van der Waals surface area contributed by atoms with Crippen molar-refractivity contribution in [3.05, 3.63) is 23.4 Å². The number of methoxy groups -OCH3 is 2. The van der Waals surface area contributed by atoms with Gasteiger partial charge < -0.3 is 14.8 Å². The van der Waals surface area contributed by atoms with Gasteiger partial charge in [-0.2, -0.15) is 0 Å². The Morgan fingerprint density at radius 1 is 1.44 bits per heavy atom. The predicted molar refractivity (Wildman–Crippen MR) is 69.9 cm³/mol. The van der Waals surface area contributed by atoms with Gasteiger partial charge in [0.25, 0.3) is 0 Å². The predicted octanol–water partition coefficient (Wildman–Crippen LogP) is 2.01. The topological polar surface area (TPSA) is 60.5 Å². The lowest BCUT2D eigenvalue weighted by atomic mass is 10.2. The van der Waals surface area contributed by atoms with Gasteiger partial charge in [0, 0.05) is 7.11 Å². The molecule has 0 amide bonds. The van der Waals surface area contributed by atoms with E-state index in [0.29, 0.717) is 17.9 Å². The number of carbonyl (C=O) groups excluding carboxylic acids is 1. The van der Waals surface area contributed by atoms with Crippen LogP contribution in [0.2, 0.25) is 0 Å². The van der Waals surface area contributed by atoms with Crippen LogP contribution in [0.1, 0.15) is 29.4 Å². The molecular formula is C13H20N2O3. The fourth-order valence-electron chi connectivity index (χ4n) is 1.64. The highest BCUT2D eigenvalue weighted by Gasteiger charge is 2.12. The number of anilines is 1. The van der Waals surface area contributed by atoms with Crippen molar-refractivity contribution in [3.8, 4) is 0 Å². The lowest BCUT2D eigenvalue weighted by Gasteiger charge is -2.17. The maximum atomic E-state index is 11.4. The summed E-state index contributed by atoms with van der Waals surface area (Å²) in [5.74, 6) is 0.375. The summed E-state index contributed by atoms with van der Waals surface area (Å²) < 4.78 is 9.79. The van der Waals surface area contributed by atoms with E-state index in [0.717, 1.165) is 12.2 Å². The Hall–Kier alpha value is -1.62. The molecule has 1 N–H and O–H groups in total. The largest absolute Gasteiger partial charge is 0.465 e. The van der Waals surface area contributed by atoms with Crippen LogP contribution in [0, 0.1) is 6.92 Å². The number of esters is 1. The number of rotatable bonds is 6. The van der Waals surface area contributed by atoms with Crippen molar-refractivity contribution in [3.63, 3.8) is 0 Å². The molecule has 0 aromatic carbocycles. The number of aromatic nitrogens is 1. The van der Waals surface area contributed by atoms with Gasteiger partial charge in [0.05, 0.1) is 31.0 Å². The summed E-state index contributed by atoms with van der Waals surface area (Å²) >= 11 is 0. The van der Waals surface area contributed by atoms with Crippen molar-refractivity contribution in [2.45, 2.75) is 26.3 Å². The molecule has 0 saturated carbocycles. The third-order valence-corrected chi connectivity index (χ3v) is 2.70. The minimum atomic E-state index is -0.365. The Morgan fingerprint density at radius 3 is 2.67 bits per heavy atom. The zero-order chi connectivity index (χ0) is 13.5. The molecule has 0 aliphatic heterocycles. The van der Waals surface area contributed by atoms with E-state index in [4.69, 9.17) is 4.74 Å². The number of carbonyl (C=O) groups is 1. The SMILES string of the molecule is CCC(COC)Nc1ccc(C(=O)OC)c(C)n1. The summed E-state index contributed by atoms with van der Waals surface area (Å²) in [6.07, 6.45) is 0.938. The summed E-state index contributed by atoms with van der Waals surface area (Å²) in [5.41, 5.74) is 1.14. The van der Waals surface area contributed by atoms with E-state index in [-0.39, 0.29) is 12.0 Å². The molecular weight excluding hydrogens is 232 g/mol. The van der Waals surface area contributed by atoms with Crippen LogP contribution in [0.5, 0.6) is 0 Å². The molecule has 0 bridgehead atoms. The second-order valence-corrected chi connectivity index (χ2v) is 4.03. The molecule has 0 fully saturated rings. The summed E-state index contributed by atoms with van der Waals surface area (Å²) in [6, 6.07) is 3.71. The van der Waals surface area contributed by atoms with E-state index in [1.807, 2.05) is 0 Å². The van der Waals surface area contributed by atoms with Crippen LogP contribution in [0.4, 0.5) is 5.82 Å². The third kappa shape index (κ3) is 3.70. The molecule has 1 unspecified atom stereocenters. The van der Waals surface area contributed by atoms with E-state index >= 15 is 0 Å². The maximum absolute atomic E-state index is 11.4. The molecule has 0 saturated heterocycles. The Kier molecular flexibility index (Phi) is 5.58. The number of hydrogen-bond acceptors (Lipinski definition) is 5. The summed E-state index contributed by atoms with van der Waals surface area (Å²) in [5, 5.41) is 3.27. The van der Waals surface area contributed by atoms with Gasteiger partial charge in [-0.1, -0.05) is 6.92 Å². The first-order valence-corrected chi connectivity index (χ1v) is 5.93. The smallest absolute Gasteiger partial charge is 0.339 e. The zero-order valence-corrected chi connectivity index (χ0v) is 11.3. The quantitative estimate of drug-likeness (QED) is 0.785. The van der Waals surface area contributed by atoms with Crippen LogP contribution in [0.15, 0.2) is 12.1 Å². The second-order valence-electron chi connectivity index (χ2n) is 4.03. The highest BCUT2D eigenvalue weighted by Crippen LogP contribution is 2.13. The van der Waals surface area contributed by atoms with E-state index in [2.05, 4.69) is 22.0 Å². The molecule has 1 rings (SSSR count). The van der Waals surface area contributed by atoms with Crippen molar-refractivity contribution >= 4 is 11.8 Å². The number of nitrogens with one attached hydrogen (secondary N) is 1. The van der Waals surface area contributed by atoms with E-state index < -0.39 is 0 Å².